The maximum Gasteiger partial charge on any atom is 0.408 e. The molecule has 0 aliphatic rings. The van der Waals surface area contributed by atoms with Gasteiger partial charge >= 0.3 is 12.1 Å². The molecule has 2 atom stereocenters. The van der Waals surface area contributed by atoms with Crippen LogP contribution in [0.4, 0.5) is 4.79 Å². The van der Waals surface area contributed by atoms with Crippen molar-refractivity contribution in [3.8, 4) is 0 Å². The van der Waals surface area contributed by atoms with Gasteiger partial charge in [-0.2, -0.15) is 0 Å². The zero-order valence-electron chi connectivity index (χ0n) is 13.4. The third kappa shape index (κ3) is 8.56. The van der Waals surface area contributed by atoms with E-state index >= 15 is 0 Å². The Labute approximate surface area is 121 Å². The van der Waals surface area contributed by atoms with Crippen LogP contribution in [0.25, 0.3) is 0 Å². The van der Waals surface area contributed by atoms with Gasteiger partial charge in [0.05, 0.1) is 12.6 Å². The van der Waals surface area contributed by atoms with Crippen molar-refractivity contribution in [1.82, 2.24) is 5.32 Å². The number of esters is 1. The number of hydrogen-bond acceptors (Lipinski definition) is 4. The number of alkyl carbamates (subject to hydrolysis) is 1. The summed E-state index contributed by atoms with van der Waals surface area (Å²) in [6.07, 6.45) is 3.37. The molecule has 0 unspecified atom stereocenters. The van der Waals surface area contributed by atoms with Crippen molar-refractivity contribution < 1.29 is 19.1 Å². The molecule has 0 spiro atoms. The smallest absolute Gasteiger partial charge is 0.408 e. The first-order valence-corrected chi connectivity index (χ1v) is 7.04. The van der Waals surface area contributed by atoms with Crippen LogP contribution in [0, 0.1) is 5.92 Å². The third-order valence-corrected chi connectivity index (χ3v) is 2.67. The maximum atomic E-state index is 11.8. The summed E-state index contributed by atoms with van der Waals surface area (Å²) in [6, 6.07) is -0.265. The van der Waals surface area contributed by atoms with Crippen LogP contribution in [-0.2, 0) is 14.3 Å². The maximum absolute atomic E-state index is 11.8. The van der Waals surface area contributed by atoms with E-state index in [1.807, 2.05) is 13.8 Å². The lowest BCUT2D eigenvalue weighted by Gasteiger charge is -2.25. The number of rotatable bonds is 6. The van der Waals surface area contributed by atoms with Crippen molar-refractivity contribution in [2.45, 2.75) is 59.6 Å². The molecule has 0 rings (SSSR count). The lowest BCUT2D eigenvalue weighted by atomic mass is 9.99. The fraction of sp³-hybridized carbons (Fsp3) is 0.733. The van der Waals surface area contributed by atoms with E-state index in [0.717, 1.165) is 6.42 Å². The molecule has 0 bridgehead atoms. The topological polar surface area (TPSA) is 64.6 Å². The number of nitrogens with one attached hydrogen (secondary N) is 1. The van der Waals surface area contributed by atoms with E-state index in [0.29, 0.717) is 6.61 Å². The normalized spacial score (nSPS) is 14.7. The SMILES string of the molecule is CCOC(=O)/C=C/[C@@H](NC(=O)OC(C)(C)C)[C@@H](C)CC. The summed E-state index contributed by atoms with van der Waals surface area (Å²) in [5.41, 5.74) is -0.547. The van der Waals surface area contributed by atoms with Gasteiger partial charge in [0.2, 0.25) is 0 Å². The molecule has 0 aromatic heterocycles. The van der Waals surface area contributed by atoms with Crippen molar-refractivity contribution in [1.29, 1.82) is 0 Å². The fourth-order valence-electron chi connectivity index (χ4n) is 1.45. The standard InChI is InChI=1S/C15H27NO4/c1-7-11(3)12(9-10-13(17)19-8-2)16-14(18)20-15(4,5)6/h9-12H,7-8H2,1-6H3,(H,16,18)/b10-9+/t11-,12+/m0/s1. The van der Waals surface area contributed by atoms with Gasteiger partial charge in [-0.05, 0) is 33.6 Å². The van der Waals surface area contributed by atoms with Gasteiger partial charge in [0, 0.05) is 6.08 Å². The molecular formula is C15H27NO4. The van der Waals surface area contributed by atoms with Gasteiger partial charge in [0.1, 0.15) is 5.60 Å². The number of carbonyl (C=O) groups is 2. The second kappa shape index (κ2) is 8.61. The van der Waals surface area contributed by atoms with Crippen molar-refractivity contribution >= 4 is 12.1 Å². The van der Waals surface area contributed by atoms with Gasteiger partial charge in [-0.1, -0.05) is 26.3 Å². The summed E-state index contributed by atoms with van der Waals surface area (Å²) in [6.45, 7) is 11.5. The molecule has 116 valence electrons. The van der Waals surface area contributed by atoms with Crippen LogP contribution >= 0.6 is 0 Å². The zero-order chi connectivity index (χ0) is 15.8. The Bertz CT molecular complexity index is 344. The molecule has 0 aromatic rings. The molecule has 0 aromatic carbocycles. The molecule has 0 radical (unpaired) electrons. The van der Waals surface area contributed by atoms with Crippen LogP contribution in [0.1, 0.15) is 48.0 Å². The lowest BCUT2D eigenvalue weighted by Crippen LogP contribution is -2.41. The minimum atomic E-state index is -0.547. The minimum Gasteiger partial charge on any atom is -0.463 e. The molecule has 20 heavy (non-hydrogen) atoms. The highest BCUT2D eigenvalue weighted by atomic mass is 16.6. The van der Waals surface area contributed by atoms with E-state index in [2.05, 4.69) is 5.32 Å². The molecular weight excluding hydrogens is 258 g/mol. The monoisotopic (exact) mass is 285 g/mol. The van der Waals surface area contributed by atoms with Crippen LogP contribution in [0.2, 0.25) is 0 Å². The van der Waals surface area contributed by atoms with E-state index in [4.69, 9.17) is 9.47 Å². The molecule has 0 saturated heterocycles. The van der Waals surface area contributed by atoms with Gasteiger partial charge in [-0.3, -0.25) is 0 Å². The van der Waals surface area contributed by atoms with Crippen molar-refractivity contribution in [2.75, 3.05) is 6.61 Å². The summed E-state index contributed by atoms with van der Waals surface area (Å²) in [7, 11) is 0. The molecule has 0 heterocycles. The highest BCUT2D eigenvalue weighted by molar-refractivity contribution is 5.82. The Balaban J connectivity index is 4.65. The summed E-state index contributed by atoms with van der Waals surface area (Å²) in [5, 5.41) is 2.77. The second-order valence-electron chi connectivity index (χ2n) is 5.67. The first-order chi connectivity index (χ1) is 9.19. The van der Waals surface area contributed by atoms with Gasteiger partial charge in [0.25, 0.3) is 0 Å². The predicted octanol–water partition coefficient (Wildman–Crippen LogP) is 3.05. The summed E-state index contributed by atoms with van der Waals surface area (Å²) >= 11 is 0. The lowest BCUT2D eigenvalue weighted by molar-refractivity contribution is -0.137. The van der Waals surface area contributed by atoms with E-state index in [9.17, 15) is 9.59 Å². The average molecular weight is 285 g/mol. The van der Waals surface area contributed by atoms with Crippen LogP contribution in [0.5, 0.6) is 0 Å². The van der Waals surface area contributed by atoms with Crippen LogP contribution < -0.4 is 5.32 Å². The van der Waals surface area contributed by atoms with Crippen molar-refractivity contribution in [3.05, 3.63) is 12.2 Å². The Kier molecular flexibility index (Phi) is 7.96. The third-order valence-electron chi connectivity index (χ3n) is 2.67. The van der Waals surface area contributed by atoms with E-state index < -0.39 is 17.7 Å². The molecule has 1 N–H and O–H groups in total. The number of carbonyl (C=O) groups excluding carboxylic acids is 2. The first kappa shape index (κ1) is 18.5. The Morgan fingerprint density at radius 2 is 1.85 bits per heavy atom. The molecule has 5 heteroatoms. The predicted molar refractivity (Wildman–Crippen MR) is 78.4 cm³/mol. The fourth-order valence-corrected chi connectivity index (χ4v) is 1.45. The van der Waals surface area contributed by atoms with Crippen LogP contribution in [0.3, 0.4) is 0 Å². The number of ether oxygens (including phenoxy) is 2. The molecule has 1 amide bonds. The van der Waals surface area contributed by atoms with Gasteiger partial charge in [-0.25, -0.2) is 9.59 Å². The largest absolute Gasteiger partial charge is 0.463 e. The molecule has 5 nitrogen and oxygen atoms in total. The number of amides is 1. The zero-order valence-corrected chi connectivity index (χ0v) is 13.4. The molecule has 0 aliphatic carbocycles. The van der Waals surface area contributed by atoms with Crippen molar-refractivity contribution in [2.24, 2.45) is 5.92 Å². The van der Waals surface area contributed by atoms with Gasteiger partial charge < -0.3 is 14.8 Å². The number of hydrogen-bond donors (Lipinski definition) is 1. The second-order valence-corrected chi connectivity index (χ2v) is 5.67. The Hall–Kier alpha value is -1.52. The summed E-state index contributed by atoms with van der Waals surface area (Å²) in [5.74, 6) is -0.222. The van der Waals surface area contributed by atoms with Crippen LogP contribution in [-0.4, -0.2) is 30.3 Å². The first-order valence-electron chi connectivity index (χ1n) is 7.04. The van der Waals surface area contributed by atoms with E-state index in [-0.39, 0.29) is 12.0 Å². The van der Waals surface area contributed by atoms with Gasteiger partial charge in [-0.15, -0.1) is 0 Å². The van der Waals surface area contributed by atoms with E-state index in [1.165, 1.54) is 6.08 Å². The van der Waals surface area contributed by atoms with Crippen LogP contribution in [0.15, 0.2) is 12.2 Å². The quantitative estimate of drug-likeness (QED) is 0.602. The summed E-state index contributed by atoms with van der Waals surface area (Å²) in [4.78, 5) is 23.1. The van der Waals surface area contributed by atoms with Gasteiger partial charge in [0.15, 0.2) is 0 Å². The molecule has 0 saturated carbocycles. The van der Waals surface area contributed by atoms with E-state index in [1.54, 1.807) is 33.8 Å². The molecule has 0 aliphatic heterocycles. The molecule has 0 fully saturated rings. The highest BCUT2D eigenvalue weighted by Crippen LogP contribution is 2.12. The summed E-state index contributed by atoms with van der Waals surface area (Å²) < 4.78 is 10.0. The highest BCUT2D eigenvalue weighted by Gasteiger charge is 2.21. The minimum absolute atomic E-state index is 0.188. The van der Waals surface area contributed by atoms with Crippen molar-refractivity contribution in [3.63, 3.8) is 0 Å². The average Bonchev–Trinajstić information content (AvgIpc) is 2.31. The Morgan fingerprint density at radius 1 is 1.25 bits per heavy atom. The Morgan fingerprint density at radius 3 is 2.30 bits per heavy atom.